The van der Waals surface area contributed by atoms with Crippen LogP contribution in [0.3, 0.4) is 0 Å². The predicted octanol–water partition coefficient (Wildman–Crippen LogP) is 3.39. The zero-order valence-corrected chi connectivity index (χ0v) is 18.1. The molecule has 0 amide bonds. The lowest BCUT2D eigenvalue weighted by Crippen LogP contribution is -2.20. The highest BCUT2D eigenvalue weighted by atomic mass is 32.2. The normalized spacial score (nSPS) is 11.3. The Hall–Kier alpha value is -2.03. The molecular formula is C21H27NO5S2. The number of hydrogen-bond acceptors (Lipinski definition) is 6. The molecule has 0 aromatic heterocycles. The molecule has 0 atom stereocenters. The van der Waals surface area contributed by atoms with Gasteiger partial charge in [0.1, 0.15) is 5.75 Å². The maximum absolute atomic E-state index is 12.2. The van der Waals surface area contributed by atoms with Crippen LogP contribution >= 0.6 is 11.8 Å². The van der Waals surface area contributed by atoms with Gasteiger partial charge in [0.15, 0.2) is 16.4 Å². The highest BCUT2D eigenvalue weighted by Gasteiger charge is 2.12. The molecule has 0 spiro atoms. The standard InChI is InChI=1S/C21H27NO5S2/c1-17-15-18(9-10-20(17)27-16-21(23)24)28-13-5-11-22-12-6-14-29(25,26)19-7-3-2-4-8-19/h2-4,7-10,15,22H,5-6,11-14,16H2,1H3,(H,23,24). The molecule has 0 aliphatic heterocycles. The SMILES string of the molecule is Cc1cc(SCCCNCCCS(=O)(=O)c2ccccc2)ccc1OCC(=O)O. The molecule has 0 saturated carbocycles. The summed E-state index contributed by atoms with van der Waals surface area (Å²) in [6.45, 7) is 3.06. The number of thioether (sulfide) groups is 1. The molecule has 0 aliphatic rings. The van der Waals surface area contributed by atoms with E-state index in [2.05, 4.69) is 5.32 Å². The van der Waals surface area contributed by atoms with Crippen LogP contribution in [0.2, 0.25) is 0 Å². The first-order valence-corrected chi connectivity index (χ1v) is 12.1. The van der Waals surface area contributed by atoms with Crippen LogP contribution in [0, 0.1) is 6.92 Å². The first kappa shape index (κ1) is 23.3. The maximum atomic E-state index is 12.2. The van der Waals surface area contributed by atoms with Gasteiger partial charge in [0, 0.05) is 4.90 Å². The van der Waals surface area contributed by atoms with E-state index in [0.29, 0.717) is 23.6 Å². The van der Waals surface area contributed by atoms with Crippen molar-refractivity contribution in [1.82, 2.24) is 5.32 Å². The van der Waals surface area contributed by atoms with Gasteiger partial charge in [-0.05, 0) is 74.5 Å². The van der Waals surface area contributed by atoms with Crippen molar-refractivity contribution in [3.63, 3.8) is 0 Å². The molecule has 0 unspecified atom stereocenters. The van der Waals surface area contributed by atoms with Gasteiger partial charge >= 0.3 is 5.97 Å². The van der Waals surface area contributed by atoms with E-state index in [1.54, 1.807) is 42.1 Å². The summed E-state index contributed by atoms with van der Waals surface area (Å²) in [5.74, 6) is 0.676. The third-order valence-electron chi connectivity index (χ3n) is 4.13. The molecular weight excluding hydrogens is 410 g/mol. The second-order valence-corrected chi connectivity index (χ2v) is 9.82. The fourth-order valence-electron chi connectivity index (χ4n) is 2.66. The van der Waals surface area contributed by atoms with Crippen LogP contribution in [0.25, 0.3) is 0 Å². The smallest absolute Gasteiger partial charge is 0.341 e. The van der Waals surface area contributed by atoms with E-state index in [9.17, 15) is 13.2 Å². The van der Waals surface area contributed by atoms with Crippen LogP contribution in [0.4, 0.5) is 0 Å². The number of carboxylic acid groups (broad SMARTS) is 1. The molecule has 2 rings (SSSR count). The minimum Gasteiger partial charge on any atom is -0.482 e. The summed E-state index contributed by atoms with van der Waals surface area (Å²) in [5, 5.41) is 12.0. The number of aryl methyl sites for hydroxylation is 1. The topological polar surface area (TPSA) is 92.7 Å². The number of carboxylic acids is 1. The van der Waals surface area contributed by atoms with Crippen molar-refractivity contribution in [2.45, 2.75) is 29.6 Å². The molecule has 0 radical (unpaired) electrons. The minimum absolute atomic E-state index is 0.147. The Kier molecular flexibility index (Phi) is 9.50. The Morgan fingerprint density at radius 3 is 2.52 bits per heavy atom. The van der Waals surface area contributed by atoms with Crippen LogP contribution in [0.15, 0.2) is 58.3 Å². The summed E-state index contributed by atoms with van der Waals surface area (Å²) in [6.07, 6.45) is 1.55. The average molecular weight is 438 g/mol. The zero-order valence-electron chi connectivity index (χ0n) is 16.5. The molecule has 0 bridgehead atoms. The molecule has 6 nitrogen and oxygen atoms in total. The van der Waals surface area contributed by atoms with E-state index >= 15 is 0 Å². The second kappa shape index (κ2) is 11.8. The number of carbonyl (C=O) groups is 1. The molecule has 0 aliphatic carbocycles. The van der Waals surface area contributed by atoms with Gasteiger partial charge in [0.2, 0.25) is 0 Å². The number of hydrogen-bond donors (Lipinski definition) is 2. The number of ether oxygens (including phenoxy) is 1. The predicted molar refractivity (Wildman–Crippen MR) is 116 cm³/mol. The maximum Gasteiger partial charge on any atom is 0.341 e. The lowest BCUT2D eigenvalue weighted by atomic mass is 10.2. The Morgan fingerprint density at radius 2 is 1.83 bits per heavy atom. The van der Waals surface area contributed by atoms with Gasteiger partial charge in [-0.15, -0.1) is 11.8 Å². The lowest BCUT2D eigenvalue weighted by molar-refractivity contribution is -0.139. The Balaban J connectivity index is 1.59. The van der Waals surface area contributed by atoms with E-state index < -0.39 is 15.8 Å². The van der Waals surface area contributed by atoms with Crippen molar-refractivity contribution in [2.75, 3.05) is 31.2 Å². The van der Waals surface area contributed by atoms with Crippen molar-refractivity contribution in [2.24, 2.45) is 0 Å². The van der Waals surface area contributed by atoms with Crippen molar-refractivity contribution in [3.05, 3.63) is 54.1 Å². The third kappa shape index (κ3) is 8.47. The van der Waals surface area contributed by atoms with E-state index in [4.69, 9.17) is 9.84 Å². The summed E-state index contributed by atoms with van der Waals surface area (Å²) >= 11 is 1.73. The van der Waals surface area contributed by atoms with E-state index in [-0.39, 0.29) is 12.4 Å². The van der Waals surface area contributed by atoms with Crippen molar-refractivity contribution in [1.29, 1.82) is 0 Å². The highest BCUT2D eigenvalue weighted by Crippen LogP contribution is 2.26. The first-order chi connectivity index (χ1) is 13.9. The van der Waals surface area contributed by atoms with Gasteiger partial charge < -0.3 is 15.2 Å². The molecule has 2 aromatic carbocycles. The molecule has 29 heavy (non-hydrogen) atoms. The number of benzene rings is 2. The Morgan fingerprint density at radius 1 is 1.10 bits per heavy atom. The van der Waals surface area contributed by atoms with Gasteiger partial charge in [0.25, 0.3) is 0 Å². The number of rotatable bonds is 13. The van der Waals surface area contributed by atoms with E-state index in [0.717, 1.165) is 29.2 Å². The van der Waals surface area contributed by atoms with Gasteiger partial charge in [-0.2, -0.15) is 0 Å². The Bertz CT molecular complexity index is 885. The first-order valence-electron chi connectivity index (χ1n) is 9.45. The quantitative estimate of drug-likeness (QED) is 0.366. The van der Waals surface area contributed by atoms with E-state index in [1.165, 1.54) is 0 Å². The zero-order chi connectivity index (χ0) is 21.1. The van der Waals surface area contributed by atoms with Crippen molar-refractivity contribution >= 4 is 27.6 Å². The lowest BCUT2D eigenvalue weighted by Gasteiger charge is -2.09. The molecule has 8 heteroatoms. The molecule has 0 saturated heterocycles. The minimum atomic E-state index is -3.20. The summed E-state index contributed by atoms with van der Waals surface area (Å²) in [7, 11) is -3.20. The molecule has 158 valence electrons. The summed E-state index contributed by atoms with van der Waals surface area (Å²) in [4.78, 5) is 12.1. The third-order valence-corrected chi connectivity index (χ3v) is 7.03. The average Bonchev–Trinajstić information content (AvgIpc) is 2.70. The van der Waals surface area contributed by atoms with E-state index in [1.807, 2.05) is 25.1 Å². The number of nitrogens with one attached hydrogen (secondary N) is 1. The van der Waals surface area contributed by atoms with Gasteiger partial charge in [-0.1, -0.05) is 18.2 Å². The van der Waals surface area contributed by atoms with Crippen molar-refractivity contribution < 1.29 is 23.1 Å². The Labute approximate surface area is 176 Å². The molecule has 2 aromatic rings. The van der Waals surface area contributed by atoms with Crippen LogP contribution < -0.4 is 10.1 Å². The monoisotopic (exact) mass is 437 g/mol. The van der Waals surface area contributed by atoms with Gasteiger partial charge in [-0.3, -0.25) is 0 Å². The highest BCUT2D eigenvalue weighted by molar-refractivity contribution is 7.99. The fraction of sp³-hybridized carbons (Fsp3) is 0.381. The molecule has 0 fully saturated rings. The van der Waals surface area contributed by atoms with Crippen LogP contribution in [-0.2, 0) is 14.6 Å². The van der Waals surface area contributed by atoms with Crippen LogP contribution in [0.1, 0.15) is 18.4 Å². The van der Waals surface area contributed by atoms with Crippen LogP contribution in [0.5, 0.6) is 5.75 Å². The van der Waals surface area contributed by atoms with Crippen molar-refractivity contribution in [3.8, 4) is 5.75 Å². The largest absolute Gasteiger partial charge is 0.482 e. The molecule has 0 heterocycles. The second-order valence-electron chi connectivity index (χ2n) is 6.55. The van der Waals surface area contributed by atoms with Crippen LogP contribution in [-0.4, -0.2) is 50.7 Å². The summed E-state index contributed by atoms with van der Waals surface area (Å²) < 4.78 is 29.6. The van der Waals surface area contributed by atoms with Gasteiger partial charge in [0.05, 0.1) is 10.6 Å². The fourth-order valence-corrected chi connectivity index (χ4v) is 4.94. The summed E-state index contributed by atoms with van der Waals surface area (Å²) in [6, 6.07) is 14.3. The van der Waals surface area contributed by atoms with Gasteiger partial charge in [-0.25, -0.2) is 13.2 Å². The number of aliphatic carboxylic acids is 1. The number of sulfone groups is 1. The summed E-state index contributed by atoms with van der Waals surface area (Å²) in [5.41, 5.74) is 0.911. The molecule has 2 N–H and O–H groups in total.